The maximum Gasteiger partial charge on any atom is 0.137 e. The highest BCUT2D eigenvalue weighted by atomic mass is 35.5. The second kappa shape index (κ2) is 6.04. The van der Waals surface area contributed by atoms with Gasteiger partial charge in [0.25, 0.3) is 0 Å². The molecule has 0 N–H and O–H groups in total. The minimum atomic E-state index is 0.633. The Morgan fingerprint density at radius 2 is 2.20 bits per heavy atom. The number of methoxy groups -OCH3 is 1. The van der Waals surface area contributed by atoms with Gasteiger partial charge < -0.3 is 4.74 Å². The molecule has 0 atom stereocenters. The molecule has 0 unspecified atom stereocenters. The van der Waals surface area contributed by atoms with Gasteiger partial charge in [-0.3, -0.25) is 0 Å². The monoisotopic (exact) mass is 244 g/mol. The number of hydrogen-bond acceptors (Lipinski definition) is 1. The SMILES string of the molecule is COc1ccc(/C(C)=C/CCCl)cc1Cl. The minimum absolute atomic E-state index is 0.633. The van der Waals surface area contributed by atoms with Gasteiger partial charge in [-0.15, -0.1) is 11.6 Å². The number of alkyl halides is 1. The second-order valence-electron chi connectivity index (χ2n) is 3.21. The average Bonchev–Trinajstić information content (AvgIpc) is 2.25. The van der Waals surface area contributed by atoms with Crippen LogP contribution in [0.25, 0.3) is 5.57 Å². The first-order valence-corrected chi connectivity index (χ1v) is 5.67. The van der Waals surface area contributed by atoms with Crippen molar-refractivity contribution in [1.82, 2.24) is 0 Å². The molecule has 1 aromatic rings. The first-order valence-electron chi connectivity index (χ1n) is 4.75. The zero-order valence-electron chi connectivity index (χ0n) is 8.89. The van der Waals surface area contributed by atoms with E-state index in [1.807, 2.05) is 25.1 Å². The Kier molecular flexibility index (Phi) is 5.00. The summed E-state index contributed by atoms with van der Waals surface area (Å²) in [4.78, 5) is 0. The molecule has 0 spiro atoms. The number of ether oxygens (including phenoxy) is 1. The highest BCUT2D eigenvalue weighted by Gasteiger charge is 2.02. The lowest BCUT2D eigenvalue weighted by molar-refractivity contribution is 0.415. The fraction of sp³-hybridized carbons (Fsp3) is 0.333. The summed E-state index contributed by atoms with van der Waals surface area (Å²) in [6, 6.07) is 5.76. The fourth-order valence-corrected chi connectivity index (χ4v) is 1.67. The molecule has 0 saturated carbocycles. The zero-order chi connectivity index (χ0) is 11.3. The molecule has 0 heterocycles. The topological polar surface area (TPSA) is 9.23 Å². The molecule has 15 heavy (non-hydrogen) atoms. The Labute approximate surface area is 101 Å². The van der Waals surface area contributed by atoms with Crippen molar-refractivity contribution in [3.63, 3.8) is 0 Å². The third-order valence-electron chi connectivity index (χ3n) is 2.17. The molecule has 1 rings (SSSR count). The van der Waals surface area contributed by atoms with E-state index >= 15 is 0 Å². The molecular weight excluding hydrogens is 231 g/mol. The largest absolute Gasteiger partial charge is 0.495 e. The quantitative estimate of drug-likeness (QED) is 0.715. The van der Waals surface area contributed by atoms with Crippen molar-refractivity contribution in [1.29, 1.82) is 0 Å². The van der Waals surface area contributed by atoms with Gasteiger partial charge in [0.1, 0.15) is 5.75 Å². The van der Waals surface area contributed by atoms with Crippen molar-refractivity contribution in [2.75, 3.05) is 13.0 Å². The van der Waals surface area contributed by atoms with Crippen LogP contribution in [0.1, 0.15) is 18.9 Å². The summed E-state index contributed by atoms with van der Waals surface area (Å²) in [5.74, 6) is 1.34. The summed E-state index contributed by atoms with van der Waals surface area (Å²) in [5, 5.41) is 0.633. The molecule has 82 valence electrons. The number of halogens is 2. The molecule has 0 aliphatic carbocycles. The molecule has 0 fully saturated rings. The summed E-state index contributed by atoms with van der Waals surface area (Å²) in [6.07, 6.45) is 2.97. The average molecular weight is 245 g/mol. The summed E-state index contributed by atoms with van der Waals surface area (Å²) in [6.45, 7) is 2.05. The molecule has 0 amide bonds. The predicted molar refractivity (Wildman–Crippen MR) is 67.0 cm³/mol. The van der Waals surface area contributed by atoms with E-state index in [-0.39, 0.29) is 0 Å². The number of allylic oxidation sites excluding steroid dienone is 2. The Morgan fingerprint density at radius 1 is 1.47 bits per heavy atom. The van der Waals surface area contributed by atoms with Crippen LogP contribution in [0.2, 0.25) is 5.02 Å². The highest BCUT2D eigenvalue weighted by molar-refractivity contribution is 6.32. The standard InChI is InChI=1S/C12H14Cl2O/c1-9(4-3-7-13)10-5-6-12(15-2)11(14)8-10/h4-6,8H,3,7H2,1-2H3/b9-4+. The minimum Gasteiger partial charge on any atom is -0.495 e. The van der Waals surface area contributed by atoms with E-state index in [0.717, 1.165) is 12.0 Å². The Bertz CT molecular complexity index is 359. The van der Waals surface area contributed by atoms with Crippen LogP contribution in [0.5, 0.6) is 5.75 Å². The molecule has 0 bridgehead atoms. The van der Waals surface area contributed by atoms with Crippen LogP contribution in [-0.4, -0.2) is 13.0 Å². The van der Waals surface area contributed by atoms with Crippen LogP contribution in [0.3, 0.4) is 0 Å². The molecular formula is C12H14Cl2O. The normalized spacial score (nSPS) is 11.6. The van der Waals surface area contributed by atoms with Crippen molar-refractivity contribution >= 4 is 28.8 Å². The second-order valence-corrected chi connectivity index (χ2v) is 4.00. The zero-order valence-corrected chi connectivity index (χ0v) is 10.4. The van der Waals surface area contributed by atoms with Crippen molar-refractivity contribution in [2.45, 2.75) is 13.3 Å². The van der Waals surface area contributed by atoms with E-state index in [4.69, 9.17) is 27.9 Å². The van der Waals surface area contributed by atoms with Gasteiger partial charge in [0.05, 0.1) is 12.1 Å². The fourth-order valence-electron chi connectivity index (χ4n) is 1.30. The maximum atomic E-state index is 6.03. The van der Waals surface area contributed by atoms with Crippen molar-refractivity contribution < 1.29 is 4.74 Å². The van der Waals surface area contributed by atoms with Gasteiger partial charge in [0, 0.05) is 5.88 Å². The van der Waals surface area contributed by atoms with Crippen molar-refractivity contribution in [3.8, 4) is 5.75 Å². The van der Waals surface area contributed by atoms with E-state index in [2.05, 4.69) is 6.08 Å². The summed E-state index contributed by atoms with van der Waals surface area (Å²) in [7, 11) is 1.61. The van der Waals surface area contributed by atoms with Gasteiger partial charge in [-0.25, -0.2) is 0 Å². The first kappa shape index (κ1) is 12.4. The molecule has 1 nitrogen and oxygen atoms in total. The smallest absolute Gasteiger partial charge is 0.137 e. The van der Waals surface area contributed by atoms with E-state index in [0.29, 0.717) is 16.7 Å². The number of benzene rings is 1. The van der Waals surface area contributed by atoms with Gasteiger partial charge in [-0.2, -0.15) is 0 Å². The van der Waals surface area contributed by atoms with Crippen molar-refractivity contribution in [3.05, 3.63) is 34.9 Å². The lowest BCUT2D eigenvalue weighted by Gasteiger charge is -2.06. The molecule has 3 heteroatoms. The molecule has 0 aliphatic heterocycles. The molecule has 0 aromatic heterocycles. The van der Waals surface area contributed by atoms with Crippen LogP contribution in [-0.2, 0) is 0 Å². The summed E-state index contributed by atoms with van der Waals surface area (Å²) in [5.41, 5.74) is 2.28. The van der Waals surface area contributed by atoms with Gasteiger partial charge in [-0.05, 0) is 36.6 Å². The van der Waals surface area contributed by atoms with Crippen LogP contribution < -0.4 is 4.74 Å². The van der Waals surface area contributed by atoms with Crippen LogP contribution in [0.15, 0.2) is 24.3 Å². The van der Waals surface area contributed by atoms with Crippen LogP contribution in [0, 0.1) is 0 Å². The van der Waals surface area contributed by atoms with Crippen molar-refractivity contribution in [2.24, 2.45) is 0 Å². The number of rotatable bonds is 4. The van der Waals surface area contributed by atoms with E-state index in [1.165, 1.54) is 5.57 Å². The summed E-state index contributed by atoms with van der Waals surface area (Å²) >= 11 is 11.7. The lowest BCUT2D eigenvalue weighted by Crippen LogP contribution is -1.86. The van der Waals surface area contributed by atoms with E-state index in [9.17, 15) is 0 Å². The Morgan fingerprint density at radius 3 is 2.73 bits per heavy atom. The van der Waals surface area contributed by atoms with Gasteiger partial charge in [0.15, 0.2) is 0 Å². The Balaban J connectivity index is 2.92. The number of hydrogen-bond donors (Lipinski definition) is 0. The maximum absolute atomic E-state index is 6.03. The summed E-state index contributed by atoms with van der Waals surface area (Å²) < 4.78 is 5.09. The first-order chi connectivity index (χ1) is 7.19. The molecule has 0 aliphatic rings. The molecule has 1 aromatic carbocycles. The van der Waals surface area contributed by atoms with Gasteiger partial charge >= 0.3 is 0 Å². The van der Waals surface area contributed by atoms with Crippen LogP contribution in [0.4, 0.5) is 0 Å². The van der Waals surface area contributed by atoms with E-state index in [1.54, 1.807) is 7.11 Å². The third kappa shape index (κ3) is 3.44. The van der Waals surface area contributed by atoms with Gasteiger partial charge in [-0.1, -0.05) is 23.7 Å². The molecule has 0 radical (unpaired) electrons. The highest BCUT2D eigenvalue weighted by Crippen LogP contribution is 2.27. The predicted octanol–water partition coefficient (Wildman–Crippen LogP) is 4.38. The third-order valence-corrected chi connectivity index (χ3v) is 2.68. The Hall–Kier alpha value is -0.660. The van der Waals surface area contributed by atoms with Crippen LogP contribution >= 0.6 is 23.2 Å². The van der Waals surface area contributed by atoms with Gasteiger partial charge in [0.2, 0.25) is 0 Å². The van der Waals surface area contributed by atoms with E-state index < -0.39 is 0 Å². The molecule has 0 saturated heterocycles. The lowest BCUT2D eigenvalue weighted by atomic mass is 10.1.